The van der Waals surface area contributed by atoms with Crippen molar-refractivity contribution in [3.8, 4) is 5.75 Å². The molecule has 0 aromatic heterocycles. The Kier molecular flexibility index (Phi) is 7.87. The average Bonchev–Trinajstić information content (AvgIpc) is 2.69. The first-order valence-electron chi connectivity index (χ1n) is 9.37. The van der Waals surface area contributed by atoms with Crippen LogP contribution in [-0.4, -0.2) is 50.6 Å². The van der Waals surface area contributed by atoms with Crippen molar-refractivity contribution in [2.24, 2.45) is 4.99 Å². The predicted molar refractivity (Wildman–Crippen MR) is 114 cm³/mol. The van der Waals surface area contributed by atoms with Gasteiger partial charge in [0.15, 0.2) is 5.96 Å². The maximum Gasteiger partial charge on any atom is 0.253 e. The van der Waals surface area contributed by atoms with Gasteiger partial charge in [0.2, 0.25) is 0 Å². The topological polar surface area (TPSA) is 66.0 Å². The number of guanidine groups is 1. The maximum absolute atomic E-state index is 11.9. The van der Waals surface area contributed by atoms with E-state index in [0.29, 0.717) is 24.6 Å². The number of carbonyl (C=O) groups excluding carboxylic acids is 1. The van der Waals surface area contributed by atoms with Crippen LogP contribution in [0.4, 0.5) is 0 Å². The number of ether oxygens (including phenoxy) is 1. The highest BCUT2D eigenvalue weighted by atomic mass is 16.5. The molecule has 150 valence electrons. The van der Waals surface area contributed by atoms with Gasteiger partial charge in [-0.15, -0.1) is 0 Å². The van der Waals surface area contributed by atoms with Gasteiger partial charge in [0.25, 0.3) is 5.91 Å². The van der Waals surface area contributed by atoms with E-state index in [9.17, 15) is 4.79 Å². The lowest BCUT2D eigenvalue weighted by molar-refractivity contribution is 0.0827. The Bertz CT molecular complexity index is 783. The van der Waals surface area contributed by atoms with Crippen molar-refractivity contribution in [1.82, 2.24) is 15.5 Å². The van der Waals surface area contributed by atoms with Crippen LogP contribution in [-0.2, 0) is 6.54 Å². The number of nitrogens with zero attached hydrogens (tertiary/aromatic N) is 2. The zero-order valence-electron chi connectivity index (χ0n) is 17.3. The number of carbonyl (C=O) groups is 1. The normalized spacial score (nSPS) is 12.2. The second-order valence-corrected chi connectivity index (χ2v) is 6.94. The molecule has 0 spiro atoms. The molecule has 28 heavy (non-hydrogen) atoms. The summed E-state index contributed by atoms with van der Waals surface area (Å²) in [6.45, 7) is 5.31. The maximum atomic E-state index is 11.9. The fraction of sp³-hybridized carbons (Fsp3) is 0.364. The summed E-state index contributed by atoms with van der Waals surface area (Å²) in [6, 6.07) is 15.6. The third-order valence-corrected chi connectivity index (χ3v) is 4.21. The van der Waals surface area contributed by atoms with Gasteiger partial charge in [0, 0.05) is 33.3 Å². The monoisotopic (exact) mass is 382 g/mol. The summed E-state index contributed by atoms with van der Waals surface area (Å²) in [5.74, 6) is 1.56. The summed E-state index contributed by atoms with van der Waals surface area (Å²) in [5, 5.41) is 6.54. The number of amides is 1. The summed E-state index contributed by atoms with van der Waals surface area (Å²) in [4.78, 5) is 17.7. The van der Waals surface area contributed by atoms with Crippen molar-refractivity contribution in [2.45, 2.75) is 26.5 Å². The molecular formula is C22H30N4O2. The lowest BCUT2D eigenvalue weighted by Gasteiger charge is -2.18. The molecule has 2 rings (SSSR count). The van der Waals surface area contributed by atoms with Gasteiger partial charge in [0.1, 0.15) is 11.9 Å². The van der Waals surface area contributed by atoms with Gasteiger partial charge in [0.05, 0.1) is 6.54 Å². The van der Waals surface area contributed by atoms with Crippen molar-refractivity contribution in [1.29, 1.82) is 0 Å². The Morgan fingerprint density at radius 2 is 1.71 bits per heavy atom. The van der Waals surface area contributed by atoms with Crippen LogP contribution >= 0.6 is 0 Å². The van der Waals surface area contributed by atoms with Crippen molar-refractivity contribution < 1.29 is 9.53 Å². The van der Waals surface area contributed by atoms with Crippen molar-refractivity contribution in [3.63, 3.8) is 0 Å². The molecule has 6 nitrogen and oxygen atoms in total. The van der Waals surface area contributed by atoms with Gasteiger partial charge in [-0.05, 0) is 43.7 Å². The zero-order valence-corrected chi connectivity index (χ0v) is 17.3. The van der Waals surface area contributed by atoms with Crippen LogP contribution in [0, 0.1) is 6.92 Å². The Balaban J connectivity index is 1.79. The summed E-state index contributed by atoms with van der Waals surface area (Å²) < 4.78 is 5.90. The Morgan fingerprint density at radius 3 is 2.29 bits per heavy atom. The van der Waals surface area contributed by atoms with Gasteiger partial charge in [-0.2, -0.15) is 0 Å². The van der Waals surface area contributed by atoms with E-state index in [1.807, 2.05) is 55.5 Å². The molecule has 1 atom stereocenters. The summed E-state index contributed by atoms with van der Waals surface area (Å²) >= 11 is 0. The van der Waals surface area contributed by atoms with Crippen LogP contribution in [0.2, 0.25) is 0 Å². The molecule has 6 heteroatoms. The highest BCUT2D eigenvalue weighted by molar-refractivity contribution is 5.93. The van der Waals surface area contributed by atoms with Crippen LogP contribution in [0.1, 0.15) is 28.4 Å². The molecular weight excluding hydrogens is 352 g/mol. The quantitative estimate of drug-likeness (QED) is 0.571. The summed E-state index contributed by atoms with van der Waals surface area (Å²) in [6.07, 6.45) is -0.00224. The summed E-state index contributed by atoms with van der Waals surface area (Å²) in [7, 11) is 5.23. The number of aryl methyl sites for hydroxylation is 1. The fourth-order valence-electron chi connectivity index (χ4n) is 2.56. The predicted octanol–water partition coefficient (Wildman–Crippen LogP) is 2.83. The Morgan fingerprint density at radius 1 is 1.07 bits per heavy atom. The van der Waals surface area contributed by atoms with E-state index in [0.717, 1.165) is 11.3 Å². The Hall–Kier alpha value is -3.02. The van der Waals surface area contributed by atoms with E-state index in [2.05, 4.69) is 22.5 Å². The first-order valence-corrected chi connectivity index (χ1v) is 9.37. The van der Waals surface area contributed by atoms with E-state index >= 15 is 0 Å². The van der Waals surface area contributed by atoms with Crippen LogP contribution < -0.4 is 15.4 Å². The highest BCUT2D eigenvalue weighted by Gasteiger charge is 2.08. The number of benzene rings is 2. The molecule has 0 bridgehead atoms. The molecule has 0 aliphatic carbocycles. The number of nitrogens with one attached hydrogen (secondary N) is 2. The molecule has 0 aliphatic heterocycles. The van der Waals surface area contributed by atoms with E-state index in [1.54, 1.807) is 26.0 Å². The molecule has 0 aliphatic rings. The number of rotatable bonds is 7. The minimum Gasteiger partial charge on any atom is -0.489 e. The smallest absolute Gasteiger partial charge is 0.253 e. The Labute approximate surface area is 167 Å². The lowest BCUT2D eigenvalue weighted by Crippen LogP contribution is -2.41. The van der Waals surface area contributed by atoms with Crippen molar-refractivity contribution in [3.05, 3.63) is 65.2 Å². The van der Waals surface area contributed by atoms with Crippen molar-refractivity contribution >= 4 is 11.9 Å². The van der Waals surface area contributed by atoms with Crippen LogP contribution in [0.3, 0.4) is 0 Å². The van der Waals surface area contributed by atoms with Gasteiger partial charge >= 0.3 is 0 Å². The van der Waals surface area contributed by atoms with Gasteiger partial charge in [-0.25, -0.2) is 0 Å². The third kappa shape index (κ3) is 6.61. The van der Waals surface area contributed by atoms with E-state index in [-0.39, 0.29) is 12.0 Å². The molecule has 0 saturated carbocycles. The second-order valence-electron chi connectivity index (χ2n) is 6.94. The average molecular weight is 383 g/mol. The van der Waals surface area contributed by atoms with Gasteiger partial charge in [-0.3, -0.25) is 9.79 Å². The van der Waals surface area contributed by atoms with E-state index in [1.165, 1.54) is 5.56 Å². The SMILES string of the molecule is CN=C(NCc1ccc(C(=O)N(C)C)cc1)NCC(C)Oc1ccc(C)cc1. The van der Waals surface area contributed by atoms with Gasteiger partial charge in [-0.1, -0.05) is 29.8 Å². The molecule has 0 heterocycles. The third-order valence-electron chi connectivity index (χ3n) is 4.21. The number of hydrogen-bond donors (Lipinski definition) is 2. The molecule has 0 saturated heterocycles. The molecule has 1 unspecified atom stereocenters. The second kappa shape index (κ2) is 10.3. The fourth-order valence-corrected chi connectivity index (χ4v) is 2.56. The minimum atomic E-state index is -0.00224. The van der Waals surface area contributed by atoms with Crippen LogP contribution in [0.25, 0.3) is 0 Å². The number of aliphatic imine (C=N–C) groups is 1. The first kappa shape index (κ1) is 21.3. The lowest BCUT2D eigenvalue weighted by atomic mass is 10.1. The number of hydrogen-bond acceptors (Lipinski definition) is 3. The van der Waals surface area contributed by atoms with E-state index < -0.39 is 0 Å². The zero-order chi connectivity index (χ0) is 20.5. The van der Waals surface area contributed by atoms with Crippen molar-refractivity contribution in [2.75, 3.05) is 27.7 Å². The van der Waals surface area contributed by atoms with Crippen LogP contribution in [0.5, 0.6) is 5.75 Å². The molecule has 0 fully saturated rings. The molecule has 2 N–H and O–H groups in total. The van der Waals surface area contributed by atoms with Gasteiger partial charge < -0.3 is 20.3 Å². The highest BCUT2D eigenvalue weighted by Crippen LogP contribution is 2.13. The first-order chi connectivity index (χ1) is 13.4. The largest absolute Gasteiger partial charge is 0.489 e. The standard InChI is InChI=1S/C22H30N4O2/c1-16-6-12-20(13-7-16)28-17(2)14-24-22(23-3)25-15-18-8-10-19(11-9-18)21(27)26(4)5/h6-13,17H,14-15H2,1-5H3,(H2,23,24,25). The van der Waals surface area contributed by atoms with E-state index in [4.69, 9.17) is 4.74 Å². The summed E-state index contributed by atoms with van der Waals surface area (Å²) in [5.41, 5.74) is 2.96. The molecule has 2 aromatic carbocycles. The molecule has 2 aromatic rings. The molecule has 0 radical (unpaired) electrons. The van der Waals surface area contributed by atoms with Crippen LogP contribution in [0.15, 0.2) is 53.5 Å². The minimum absolute atomic E-state index is 0.000417. The molecule has 1 amide bonds.